The number of carbonyl (C=O) groups excluding carboxylic acids is 2. The molecule has 0 N–H and O–H groups in total. The smallest absolute Gasteiger partial charge is 0.441 e. The number of Topliss-reactive ketones (excluding diaryl/α,β-unsaturated/α-hetero) is 1. The molecule has 0 fully saturated rings. The van der Waals surface area contributed by atoms with Crippen LogP contribution in [0.3, 0.4) is 0 Å². The maximum Gasteiger partial charge on any atom is 0.441 e. The van der Waals surface area contributed by atoms with Crippen LogP contribution >= 0.6 is 0 Å². The number of hydrogen-bond donors (Lipinski definition) is 0. The van der Waals surface area contributed by atoms with Crippen molar-refractivity contribution in [1.82, 2.24) is 0 Å². The van der Waals surface area contributed by atoms with E-state index >= 15 is 0 Å². The van der Waals surface area contributed by atoms with E-state index in [0.29, 0.717) is 5.56 Å². The Bertz CT molecular complexity index is 415. The van der Waals surface area contributed by atoms with Crippen LogP contribution in [0.2, 0.25) is 0 Å². The number of hydrogen-bond acceptors (Lipinski definition) is 4. The molecule has 0 saturated carbocycles. The van der Waals surface area contributed by atoms with Crippen molar-refractivity contribution in [3.63, 3.8) is 0 Å². The molecular formula is C9H8N2O4. The average molecular weight is 208 g/mol. The second-order valence-electron chi connectivity index (χ2n) is 2.71. The highest BCUT2D eigenvalue weighted by Gasteiger charge is 2.27. The highest BCUT2D eigenvalue weighted by molar-refractivity contribution is 6.61. The SMILES string of the molecule is CC(=O)C(=[N+]=[N-])C(=O)OCc1ccoc1. The average Bonchev–Trinajstić information content (AvgIpc) is 2.67. The molecule has 0 aliphatic carbocycles. The third-order valence-electron chi connectivity index (χ3n) is 1.58. The van der Waals surface area contributed by atoms with Crippen LogP contribution in [0.15, 0.2) is 23.0 Å². The Balaban J connectivity index is 2.56. The molecule has 6 heteroatoms. The summed E-state index contributed by atoms with van der Waals surface area (Å²) in [5.74, 6) is -1.62. The van der Waals surface area contributed by atoms with Gasteiger partial charge in [0.2, 0.25) is 5.78 Å². The van der Waals surface area contributed by atoms with E-state index in [1.165, 1.54) is 12.5 Å². The lowest BCUT2D eigenvalue weighted by Crippen LogP contribution is -2.25. The minimum Gasteiger partial charge on any atom is -0.472 e. The van der Waals surface area contributed by atoms with Gasteiger partial charge in [-0.15, -0.1) is 0 Å². The molecule has 0 aromatic carbocycles. The van der Waals surface area contributed by atoms with Crippen LogP contribution in [0, 0.1) is 0 Å². The fourth-order valence-electron chi connectivity index (χ4n) is 0.847. The predicted octanol–water partition coefficient (Wildman–Crippen LogP) is 0.583. The summed E-state index contributed by atoms with van der Waals surface area (Å²) >= 11 is 0. The topological polar surface area (TPSA) is 92.9 Å². The highest BCUT2D eigenvalue weighted by Crippen LogP contribution is 2.01. The quantitative estimate of drug-likeness (QED) is 0.238. The Morgan fingerprint density at radius 2 is 2.33 bits per heavy atom. The Morgan fingerprint density at radius 1 is 1.60 bits per heavy atom. The summed E-state index contributed by atoms with van der Waals surface area (Å²) in [6.07, 6.45) is 2.83. The van der Waals surface area contributed by atoms with Crippen molar-refractivity contribution in [2.45, 2.75) is 13.5 Å². The van der Waals surface area contributed by atoms with Gasteiger partial charge in [-0.05, 0) is 6.07 Å². The first-order chi connectivity index (χ1) is 7.15. The van der Waals surface area contributed by atoms with E-state index in [4.69, 9.17) is 14.7 Å². The summed E-state index contributed by atoms with van der Waals surface area (Å²) in [7, 11) is 0. The molecule has 0 spiro atoms. The van der Waals surface area contributed by atoms with Crippen molar-refractivity contribution in [1.29, 1.82) is 0 Å². The van der Waals surface area contributed by atoms with Crippen LogP contribution in [0.25, 0.3) is 5.53 Å². The standard InChI is InChI=1S/C9H8N2O4/c1-6(12)8(11-10)9(13)15-5-7-2-3-14-4-7/h2-4H,5H2,1H3. The molecule has 0 bridgehead atoms. The van der Waals surface area contributed by atoms with Gasteiger partial charge in [0.15, 0.2) is 0 Å². The fourth-order valence-corrected chi connectivity index (χ4v) is 0.847. The first kappa shape index (κ1) is 10.9. The molecule has 0 atom stereocenters. The summed E-state index contributed by atoms with van der Waals surface area (Å²) in [4.78, 5) is 24.5. The van der Waals surface area contributed by atoms with E-state index in [-0.39, 0.29) is 6.61 Å². The van der Waals surface area contributed by atoms with E-state index in [1.54, 1.807) is 6.07 Å². The Labute approximate surface area is 85.1 Å². The molecule has 1 heterocycles. The number of rotatable bonds is 4. The molecule has 1 aromatic heterocycles. The zero-order valence-corrected chi connectivity index (χ0v) is 7.97. The van der Waals surface area contributed by atoms with Gasteiger partial charge in [-0.1, -0.05) is 0 Å². The van der Waals surface area contributed by atoms with E-state index in [1.807, 2.05) is 0 Å². The highest BCUT2D eigenvalue weighted by atomic mass is 16.5. The first-order valence-corrected chi connectivity index (χ1v) is 4.06. The van der Waals surface area contributed by atoms with Crippen LogP contribution in [-0.2, 0) is 20.9 Å². The maximum atomic E-state index is 11.1. The van der Waals surface area contributed by atoms with Crippen LogP contribution in [0.4, 0.5) is 0 Å². The number of esters is 1. The first-order valence-electron chi connectivity index (χ1n) is 4.06. The van der Waals surface area contributed by atoms with Crippen molar-refractivity contribution in [3.05, 3.63) is 29.7 Å². The monoisotopic (exact) mass is 208 g/mol. The summed E-state index contributed by atoms with van der Waals surface area (Å²) < 4.78 is 9.43. The van der Waals surface area contributed by atoms with Gasteiger partial charge in [0.25, 0.3) is 0 Å². The maximum absolute atomic E-state index is 11.1. The van der Waals surface area contributed by atoms with Gasteiger partial charge >= 0.3 is 11.7 Å². The molecule has 1 rings (SSSR count). The van der Waals surface area contributed by atoms with E-state index < -0.39 is 17.5 Å². The van der Waals surface area contributed by atoms with Crippen molar-refractivity contribution in [2.75, 3.05) is 0 Å². The largest absolute Gasteiger partial charge is 0.472 e. The van der Waals surface area contributed by atoms with Crippen LogP contribution < -0.4 is 0 Å². The van der Waals surface area contributed by atoms with Crippen LogP contribution in [-0.4, -0.2) is 22.3 Å². The van der Waals surface area contributed by atoms with Gasteiger partial charge in [0.1, 0.15) is 6.61 Å². The molecule has 6 nitrogen and oxygen atoms in total. The van der Waals surface area contributed by atoms with Crippen LogP contribution in [0.1, 0.15) is 12.5 Å². The minimum atomic E-state index is -0.966. The summed E-state index contributed by atoms with van der Waals surface area (Å²) in [5.41, 5.74) is 8.39. The molecule has 0 amide bonds. The van der Waals surface area contributed by atoms with E-state index in [9.17, 15) is 9.59 Å². The fraction of sp³-hybridized carbons (Fsp3) is 0.222. The number of ether oxygens (including phenoxy) is 1. The third kappa shape index (κ3) is 2.89. The second kappa shape index (κ2) is 4.88. The molecule has 0 aliphatic rings. The van der Waals surface area contributed by atoms with E-state index in [0.717, 1.165) is 6.92 Å². The Kier molecular flexibility index (Phi) is 3.54. The summed E-state index contributed by atoms with van der Waals surface area (Å²) in [6, 6.07) is 1.61. The lowest BCUT2D eigenvalue weighted by atomic mass is 10.3. The lowest BCUT2D eigenvalue weighted by Gasteiger charge is -1.97. The molecule has 78 valence electrons. The number of carbonyl (C=O) groups is 2. The Hall–Kier alpha value is -2.20. The normalized spacial score (nSPS) is 9.13. The Morgan fingerprint density at radius 3 is 2.80 bits per heavy atom. The van der Waals surface area contributed by atoms with Gasteiger partial charge in [0, 0.05) is 12.5 Å². The minimum absolute atomic E-state index is 0.0400. The number of nitrogens with zero attached hydrogens (tertiary/aromatic N) is 2. The number of ketones is 1. The molecule has 0 aliphatic heterocycles. The van der Waals surface area contributed by atoms with Gasteiger partial charge in [-0.2, -0.15) is 4.79 Å². The van der Waals surface area contributed by atoms with Gasteiger partial charge < -0.3 is 14.7 Å². The predicted molar refractivity (Wildman–Crippen MR) is 47.8 cm³/mol. The van der Waals surface area contributed by atoms with Crippen molar-refractivity contribution in [3.8, 4) is 0 Å². The lowest BCUT2D eigenvalue weighted by molar-refractivity contribution is -0.143. The van der Waals surface area contributed by atoms with Gasteiger partial charge in [0.05, 0.1) is 12.5 Å². The molecular weight excluding hydrogens is 200 g/mol. The van der Waals surface area contributed by atoms with Crippen molar-refractivity contribution < 1.29 is 23.5 Å². The van der Waals surface area contributed by atoms with Crippen LogP contribution in [0.5, 0.6) is 0 Å². The third-order valence-corrected chi connectivity index (χ3v) is 1.58. The second-order valence-corrected chi connectivity index (χ2v) is 2.71. The summed E-state index contributed by atoms with van der Waals surface area (Å²) in [6.45, 7) is 1.07. The van der Waals surface area contributed by atoms with Gasteiger partial charge in [-0.3, -0.25) is 4.79 Å². The zero-order chi connectivity index (χ0) is 11.3. The zero-order valence-electron chi connectivity index (χ0n) is 7.97. The van der Waals surface area contributed by atoms with E-state index in [2.05, 4.69) is 4.79 Å². The van der Waals surface area contributed by atoms with Crippen molar-refractivity contribution >= 4 is 17.5 Å². The molecule has 0 radical (unpaired) electrons. The van der Waals surface area contributed by atoms with Gasteiger partial charge in [-0.25, -0.2) is 4.79 Å². The molecule has 1 aromatic rings. The van der Waals surface area contributed by atoms with Crippen molar-refractivity contribution in [2.24, 2.45) is 0 Å². The summed E-state index contributed by atoms with van der Waals surface area (Å²) in [5, 5.41) is 0. The molecule has 0 unspecified atom stereocenters. The molecule has 0 saturated heterocycles. The number of furan rings is 1. The molecule has 15 heavy (non-hydrogen) atoms.